The maximum atomic E-state index is 13.0. The molecule has 4 amide bonds. The van der Waals surface area contributed by atoms with Crippen LogP contribution in [0.5, 0.6) is 0 Å². The van der Waals surface area contributed by atoms with Crippen LogP contribution in [0.1, 0.15) is 39.8 Å². The monoisotopic (exact) mass is 467 g/mol. The largest absolute Gasteiger partial charge is 0.480 e. The lowest BCUT2D eigenvalue weighted by Crippen LogP contribution is -2.59. The van der Waals surface area contributed by atoms with Gasteiger partial charge in [-0.1, -0.05) is 27.7 Å². The Morgan fingerprint density at radius 1 is 0.970 bits per heavy atom. The molecule has 9 N–H and O–H groups in total. The summed E-state index contributed by atoms with van der Waals surface area (Å²) < 4.78 is 0. The summed E-state index contributed by atoms with van der Waals surface area (Å²) >= 11 is 0. The van der Waals surface area contributed by atoms with E-state index in [1.165, 1.54) is 12.5 Å². The molecule has 1 aromatic rings. The topological polar surface area (TPSA) is 222 Å². The summed E-state index contributed by atoms with van der Waals surface area (Å²) in [6, 6.07) is -4.63. The van der Waals surface area contributed by atoms with E-state index in [0.717, 1.165) is 0 Å². The summed E-state index contributed by atoms with van der Waals surface area (Å²) in [5.41, 5.74) is 11.5. The van der Waals surface area contributed by atoms with Crippen LogP contribution in [0.2, 0.25) is 0 Å². The van der Waals surface area contributed by atoms with Crippen LogP contribution in [0.15, 0.2) is 12.5 Å². The Bertz CT molecular complexity index is 840. The fourth-order valence-electron chi connectivity index (χ4n) is 2.85. The summed E-state index contributed by atoms with van der Waals surface area (Å²) in [7, 11) is 0. The van der Waals surface area contributed by atoms with Gasteiger partial charge in [0.15, 0.2) is 0 Å². The summed E-state index contributed by atoms with van der Waals surface area (Å²) in [4.78, 5) is 67.4. The number of nitrogens with zero attached hydrogens (tertiary/aromatic N) is 1. The zero-order valence-corrected chi connectivity index (χ0v) is 19.1. The second kappa shape index (κ2) is 12.5. The minimum Gasteiger partial charge on any atom is -0.480 e. The maximum absolute atomic E-state index is 13.0. The molecule has 0 aliphatic heterocycles. The SMILES string of the molecule is CC(C)C(N)C(=O)NC(Cc1cnc[nH]1)C(=O)NC(C(=O)NC(CC(N)=O)C(=O)O)C(C)C. The summed E-state index contributed by atoms with van der Waals surface area (Å²) in [6.07, 6.45) is 2.35. The number of carboxylic acid groups (broad SMARTS) is 1. The minimum absolute atomic E-state index is 0.0499. The van der Waals surface area contributed by atoms with Gasteiger partial charge in [-0.15, -0.1) is 0 Å². The first-order valence-electron chi connectivity index (χ1n) is 10.5. The predicted molar refractivity (Wildman–Crippen MR) is 117 cm³/mol. The summed E-state index contributed by atoms with van der Waals surface area (Å²) in [6.45, 7) is 6.81. The van der Waals surface area contributed by atoms with Crippen molar-refractivity contribution in [2.75, 3.05) is 0 Å². The van der Waals surface area contributed by atoms with E-state index in [1.807, 2.05) is 0 Å². The molecule has 13 nitrogen and oxygen atoms in total. The van der Waals surface area contributed by atoms with E-state index in [-0.39, 0.29) is 12.3 Å². The maximum Gasteiger partial charge on any atom is 0.326 e. The van der Waals surface area contributed by atoms with Gasteiger partial charge in [0, 0.05) is 18.3 Å². The molecule has 1 heterocycles. The van der Waals surface area contributed by atoms with Crippen molar-refractivity contribution in [1.29, 1.82) is 0 Å². The number of carbonyl (C=O) groups is 5. The first-order chi connectivity index (χ1) is 15.3. The number of hydrogen-bond donors (Lipinski definition) is 7. The lowest BCUT2D eigenvalue weighted by atomic mass is 10.0. The molecular formula is C20H33N7O6. The molecule has 0 radical (unpaired) electrons. The third-order valence-electron chi connectivity index (χ3n) is 4.90. The van der Waals surface area contributed by atoms with Gasteiger partial charge in [-0.2, -0.15) is 0 Å². The van der Waals surface area contributed by atoms with Crippen LogP contribution in [-0.2, 0) is 30.4 Å². The predicted octanol–water partition coefficient (Wildman–Crippen LogP) is -1.99. The van der Waals surface area contributed by atoms with Crippen molar-refractivity contribution in [1.82, 2.24) is 25.9 Å². The number of carbonyl (C=O) groups excluding carboxylic acids is 4. The molecule has 4 unspecified atom stereocenters. The molecule has 0 fully saturated rings. The molecule has 0 aliphatic rings. The average molecular weight is 468 g/mol. The van der Waals surface area contributed by atoms with Crippen molar-refractivity contribution in [2.45, 2.75) is 64.7 Å². The normalized spacial score (nSPS) is 14.8. The van der Waals surface area contributed by atoms with Crippen LogP contribution in [-0.4, -0.2) is 68.8 Å². The number of primary amides is 1. The average Bonchev–Trinajstić information content (AvgIpc) is 3.22. The molecule has 1 rings (SSSR count). The lowest BCUT2D eigenvalue weighted by Gasteiger charge is -2.27. The number of aromatic amines is 1. The van der Waals surface area contributed by atoms with Crippen molar-refractivity contribution in [3.8, 4) is 0 Å². The van der Waals surface area contributed by atoms with Gasteiger partial charge in [-0.25, -0.2) is 9.78 Å². The smallest absolute Gasteiger partial charge is 0.326 e. The highest BCUT2D eigenvalue weighted by Gasteiger charge is 2.32. The van der Waals surface area contributed by atoms with Crippen molar-refractivity contribution in [3.63, 3.8) is 0 Å². The van der Waals surface area contributed by atoms with Gasteiger partial charge in [-0.3, -0.25) is 19.2 Å². The second-order valence-electron chi connectivity index (χ2n) is 8.41. The Morgan fingerprint density at radius 2 is 1.58 bits per heavy atom. The number of carboxylic acids is 1. The van der Waals surface area contributed by atoms with Crippen LogP contribution in [0.25, 0.3) is 0 Å². The van der Waals surface area contributed by atoms with Gasteiger partial charge in [0.05, 0.1) is 18.8 Å². The zero-order valence-electron chi connectivity index (χ0n) is 19.1. The van der Waals surface area contributed by atoms with Crippen LogP contribution < -0.4 is 27.4 Å². The summed E-state index contributed by atoms with van der Waals surface area (Å²) in [5, 5.41) is 16.6. The molecule has 0 spiro atoms. The molecule has 0 aliphatic carbocycles. The number of nitrogens with one attached hydrogen (secondary N) is 4. The molecule has 33 heavy (non-hydrogen) atoms. The van der Waals surface area contributed by atoms with Gasteiger partial charge in [0.25, 0.3) is 0 Å². The quantitative estimate of drug-likeness (QED) is 0.171. The van der Waals surface area contributed by atoms with Gasteiger partial charge in [0.2, 0.25) is 23.6 Å². The molecular weight excluding hydrogens is 434 g/mol. The third-order valence-corrected chi connectivity index (χ3v) is 4.90. The van der Waals surface area contributed by atoms with E-state index in [0.29, 0.717) is 5.69 Å². The highest BCUT2D eigenvalue weighted by atomic mass is 16.4. The Balaban J connectivity index is 3.03. The van der Waals surface area contributed by atoms with Gasteiger partial charge < -0.3 is 37.5 Å². The van der Waals surface area contributed by atoms with Crippen LogP contribution in [0.3, 0.4) is 0 Å². The van der Waals surface area contributed by atoms with E-state index in [4.69, 9.17) is 11.5 Å². The molecule has 0 saturated heterocycles. The number of H-pyrrole nitrogens is 1. The standard InChI is InChI=1S/C20H33N7O6/c1-9(2)15(22)18(30)25-12(5-11-7-23-8-24-11)17(29)27-16(10(3)4)19(31)26-13(20(32)33)6-14(21)28/h7-10,12-13,15-16H,5-6,22H2,1-4H3,(H2,21,28)(H,23,24)(H,25,30)(H,26,31)(H,27,29)(H,32,33). The molecule has 0 bridgehead atoms. The Labute approximate surface area is 191 Å². The molecule has 0 aromatic carbocycles. The number of aromatic nitrogens is 2. The van der Waals surface area contributed by atoms with E-state index < -0.39 is 66.1 Å². The Hall–Kier alpha value is -3.48. The summed E-state index contributed by atoms with van der Waals surface area (Å²) in [5.74, 6) is -4.99. The highest BCUT2D eigenvalue weighted by Crippen LogP contribution is 2.07. The Morgan fingerprint density at radius 3 is 2.03 bits per heavy atom. The van der Waals surface area contributed by atoms with Crippen molar-refractivity contribution >= 4 is 29.6 Å². The van der Waals surface area contributed by atoms with Crippen molar-refractivity contribution in [3.05, 3.63) is 18.2 Å². The minimum atomic E-state index is -1.54. The number of aliphatic carboxylic acids is 1. The van der Waals surface area contributed by atoms with E-state index in [2.05, 4.69) is 25.9 Å². The van der Waals surface area contributed by atoms with E-state index in [1.54, 1.807) is 27.7 Å². The number of imidazole rings is 1. The van der Waals surface area contributed by atoms with E-state index >= 15 is 0 Å². The zero-order chi connectivity index (χ0) is 25.3. The molecule has 1 aromatic heterocycles. The van der Waals surface area contributed by atoms with Gasteiger partial charge in [0.1, 0.15) is 18.1 Å². The van der Waals surface area contributed by atoms with E-state index in [9.17, 15) is 29.1 Å². The fourth-order valence-corrected chi connectivity index (χ4v) is 2.85. The number of nitrogens with two attached hydrogens (primary N) is 2. The Kier molecular flexibility index (Phi) is 10.5. The molecule has 0 saturated carbocycles. The first-order valence-corrected chi connectivity index (χ1v) is 10.5. The first kappa shape index (κ1) is 27.6. The van der Waals surface area contributed by atoms with Crippen molar-refractivity contribution < 1.29 is 29.1 Å². The fraction of sp³-hybridized carbons (Fsp3) is 0.600. The van der Waals surface area contributed by atoms with Crippen LogP contribution in [0, 0.1) is 11.8 Å². The molecule has 4 atom stereocenters. The highest BCUT2D eigenvalue weighted by molar-refractivity contribution is 5.95. The number of amides is 4. The van der Waals surface area contributed by atoms with Gasteiger partial charge in [-0.05, 0) is 11.8 Å². The third kappa shape index (κ3) is 8.88. The molecule has 13 heteroatoms. The van der Waals surface area contributed by atoms with Crippen LogP contribution >= 0.6 is 0 Å². The lowest BCUT2D eigenvalue weighted by molar-refractivity contribution is -0.144. The van der Waals surface area contributed by atoms with Gasteiger partial charge >= 0.3 is 5.97 Å². The molecule has 184 valence electrons. The van der Waals surface area contributed by atoms with Crippen molar-refractivity contribution in [2.24, 2.45) is 23.3 Å². The number of hydrogen-bond acceptors (Lipinski definition) is 7. The van der Waals surface area contributed by atoms with Crippen LogP contribution in [0.4, 0.5) is 0 Å². The second-order valence-corrected chi connectivity index (χ2v) is 8.41. The number of rotatable bonds is 13.